The molecule has 0 saturated carbocycles. The zero-order chi connectivity index (χ0) is 19.3. The molecule has 3 rings (SSSR count). The van der Waals surface area contributed by atoms with E-state index in [4.69, 9.17) is 0 Å². The van der Waals surface area contributed by atoms with E-state index in [0.717, 1.165) is 49.4 Å². The molecular weight excluding hydrogens is 361 g/mol. The molecule has 0 atom stereocenters. The average Bonchev–Trinajstić information content (AvgIpc) is 2.87. The van der Waals surface area contributed by atoms with Crippen LogP contribution in [-0.4, -0.2) is 40.1 Å². The van der Waals surface area contributed by atoms with Crippen molar-refractivity contribution < 1.29 is 22.7 Å². The summed E-state index contributed by atoms with van der Waals surface area (Å²) in [5, 5.41) is 11.2. The lowest BCUT2D eigenvalue weighted by atomic mass is 10.2. The SMILES string of the molecule is O=C(CCOCC(F)(F)F)Nc1cccc(-c2nnc3n2CCCCC3)c1. The summed E-state index contributed by atoms with van der Waals surface area (Å²) >= 11 is 0. The third-order valence-corrected chi connectivity index (χ3v) is 4.25. The largest absolute Gasteiger partial charge is 0.411 e. The number of fused-ring (bicyclic) bond motifs is 1. The van der Waals surface area contributed by atoms with Gasteiger partial charge < -0.3 is 14.6 Å². The normalized spacial score (nSPS) is 14.5. The van der Waals surface area contributed by atoms with Crippen molar-refractivity contribution in [2.24, 2.45) is 0 Å². The number of hydrogen-bond acceptors (Lipinski definition) is 4. The fourth-order valence-electron chi connectivity index (χ4n) is 3.01. The number of carbonyl (C=O) groups excluding carboxylic acids is 1. The second-order valence-corrected chi connectivity index (χ2v) is 6.45. The van der Waals surface area contributed by atoms with Gasteiger partial charge in [0.2, 0.25) is 5.91 Å². The van der Waals surface area contributed by atoms with Crippen LogP contribution in [0, 0.1) is 0 Å². The van der Waals surface area contributed by atoms with E-state index in [0.29, 0.717) is 5.69 Å². The van der Waals surface area contributed by atoms with Gasteiger partial charge in [-0.2, -0.15) is 13.2 Å². The number of benzene rings is 1. The lowest BCUT2D eigenvalue weighted by Gasteiger charge is -2.10. The Kier molecular flexibility index (Phi) is 6.10. The summed E-state index contributed by atoms with van der Waals surface area (Å²) < 4.78 is 42.6. The highest BCUT2D eigenvalue weighted by Crippen LogP contribution is 2.25. The topological polar surface area (TPSA) is 69.0 Å². The van der Waals surface area contributed by atoms with Crippen molar-refractivity contribution in [1.82, 2.24) is 14.8 Å². The van der Waals surface area contributed by atoms with Gasteiger partial charge in [-0.3, -0.25) is 4.79 Å². The van der Waals surface area contributed by atoms with Crippen LogP contribution in [0.4, 0.5) is 18.9 Å². The zero-order valence-electron chi connectivity index (χ0n) is 14.8. The number of ether oxygens (including phenoxy) is 1. The molecule has 0 aliphatic carbocycles. The summed E-state index contributed by atoms with van der Waals surface area (Å²) in [7, 11) is 0. The summed E-state index contributed by atoms with van der Waals surface area (Å²) in [5.41, 5.74) is 1.39. The molecule has 0 bridgehead atoms. The van der Waals surface area contributed by atoms with Crippen LogP contribution in [0.2, 0.25) is 0 Å². The Morgan fingerprint density at radius 1 is 1.22 bits per heavy atom. The molecule has 2 aromatic rings. The lowest BCUT2D eigenvalue weighted by molar-refractivity contribution is -0.174. The maximum absolute atomic E-state index is 12.0. The van der Waals surface area contributed by atoms with Gasteiger partial charge in [0.25, 0.3) is 0 Å². The average molecular weight is 382 g/mol. The second-order valence-electron chi connectivity index (χ2n) is 6.45. The number of amides is 1. The molecule has 0 saturated heterocycles. The predicted molar refractivity (Wildman–Crippen MR) is 93.1 cm³/mol. The maximum atomic E-state index is 12.0. The monoisotopic (exact) mass is 382 g/mol. The fourth-order valence-corrected chi connectivity index (χ4v) is 3.01. The number of rotatable bonds is 6. The van der Waals surface area contributed by atoms with E-state index in [1.54, 1.807) is 18.2 Å². The van der Waals surface area contributed by atoms with Gasteiger partial charge in [-0.05, 0) is 25.0 Å². The van der Waals surface area contributed by atoms with Crippen molar-refractivity contribution in [3.05, 3.63) is 30.1 Å². The van der Waals surface area contributed by atoms with Crippen LogP contribution < -0.4 is 5.32 Å². The van der Waals surface area contributed by atoms with Crippen molar-refractivity contribution in [3.63, 3.8) is 0 Å². The molecule has 1 N–H and O–H groups in total. The van der Waals surface area contributed by atoms with Crippen LogP contribution in [-0.2, 0) is 22.5 Å². The number of aromatic nitrogens is 3. The molecule has 2 heterocycles. The summed E-state index contributed by atoms with van der Waals surface area (Å²) in [4.78, 5) is 11.9. The van der Waals surface area contributed by atoms with Crippen molar-refractivity contribution >= 4 is 11.6 Å². The first-order chi connectivity index (χ1) is 12.9. The minimum Gasteiger partial charge on any atom is -0.372 e. The number of alkyl halides is 3. The standard InChI is InChI=1S/C18H21F3N4O2/c19-18(20,21)12-27-10-8-16(26)22-14-6-4-5-13(11-14)17-24-23-15-7-2-1-3-9-25(15)17/h4-6,11H,1-3,7-10,12H2,(H,22,26). The van der Waals surface area contributed by atoms with Gasteiger partial charge in [0.05, 0.1) is 13.0 Å². The van der Waals surface area contributed by atoms with Gasteiger partial charge in [0.15, 0.2) is 5.82 Å². The molecule has 0 unspecified atom stereocenters. The molecule has 0 radical (unpaired) electrons. The quantitative estimate of drug-likeness (QED) is 0.776. The van der Waals surface area contributed by atoms with Crippen molar-refractivity contribution in [2.75, 3.05) is 18.5 Å². The van der Waals surface area contributed by atoms with Gasteiger partial charge in [-0.25, -0.2) is 0 Å². The molecule has 1 aromatic carbocycles. The number of nitrogens with one attached hydrogen (secondary N) is 1. The molecule has 27 heavy (non-hydrogen) atoms. The fraction of sp³-hybridized carbons (Fsp3) is 0.500. The van der Waals surface area contributed by atoms with Gasteiger partial charge in [-0.15, -0.1) is 10.2 Å². The number of hydrogen-bond donors (Lipinski definition) is 1. The number of halogens is 3. The molecule has 1 aliphatic rings. The minimum atomic E-state index is -4.39. The van der Waals surface area contributed by atoms with E-state index in [9.17, 15) is 18.0 Å². The van der Waals surface area contributed by atoms with Crippen LogP contribution in [0.15, 0.2) is 24.3 Å². The molecular formula is C18H21F3N4O2. The smallest absolute Gasteiger partial charge is 0.372 e. The zero-order valence-corrected chi connectivity index (χ0v) is 14.8. The second kappa shape index (κ2) is 8.51. The lowest BCUT2D eigenvalue weighted by Crippen LogP contribution is -2.20. The minimum absolute atomic E-state index is 0.152. The van der Waals surface area contributed by atoms with E-state index in [-0.39, 0.29) is 13.0 Å². The molecule has 0 fully saturated rings. The molecule has 6 nitrogen and oxygen atoms in total. The summed E-state index contributed by atoms with van der Waals surface area (Å²) in [6.07, 6.45) is -0.296. The Balaban J connectivity index is 1.61. The number of nitrogens with zero attached hydrogens (tertiary/aromatic N) is 3. The first-order valence-corrected chi connectivity index (χ1v) is 8.89. The van der Waals surface area contributed by atoms with E-state index in [1.807, 2.05) is 6.07 Å². The van der Waals surface area contributed by atoms with Crippen LogP contribution in [0.3, 0.4) is 0 Å². The Labute approximate surface area is 154 Å². The molecule has 1 aliphatic heterocycles. The molecule has 1 aromatic heterocycles. The first-order valence-electron chi connectivity index (χ1n) is 8.89. The van der Waals surface area contributed by atoms with E-state index in [2.05, 4.69) is 24.8 Å². The van der Waals surface area contributed by atoms with Gasteiger partial charge in [0, 0.05) is 24.2 Å². The van der Waals surface area contributed by atoms with Crippen molar-refractivity contribution in [2.45, 2.75) is 44.8 Å². The van der Waals surface area contributed by atoms with Gasteiger partial charge in [-0.1, -0.05) is 18.6 Å². The number of carbonyl (C=O) groups is 1. The highest BCUT2D eigenvalue weighted by Gasteiger charge is 2.27. The highest BCUT2D eigenvalue weighted by atomic mass is 19.4. The first kappa shape index (κ1) is 19.3. The van der Waals surface area contributed by atoms with Crippen LogP contribution >= 0.6 is 0 Å². The summed E-state index contributed by atoms with van der Waals surface area (Å²) in [6.45, 7) is -0.777. The Bertz CT molecular complexity index is 789. The van der Waals surface area contributed by atoms with Crippen LogP contribution in [0.1, 0.15) is 31.5 Å². The summed E-state index contributed by atoms with van der Waals surface area (Å²) in [6, 6.07) is 7.20. The molecule has 146 valence electrons. The van der Waals surface area contributed by atoms with Gasteiger partial charge >= 0.3 is 6.18 Å². The highest BCUT2D eigenvalue weighted by molar-refractivity contribution is 5.91. The van der Waals surface area contributed by atoms with Crippen LogP contribution in [0.25, 0.3) is 11.4 Å². The van der Waals surface area contributed by atoms with E-state index >= 15 is 0 Å². The third-order valence-electron chi connectivity index (χ3n) is 4.25. The predicted octanol–water partition coefficient (Wildman–Crippen LogP) is 3.58. The van der Waals surface area contributed by atoms with E-state index < -0.39 is 18.7 Å². The number of aryl methyl sites for hydroxylation is 1. The molecule has 0 spiro atoms. The molecule has 9 heteroatoms. The Morgan fingerprint density at radius 2 is 2.07 bits per heavy atom. The van der Waals surface area contributed by atoms with Crippen molar-refractivity contribution in [3.8, 4) is 11.4 Å². The maximum Gasteiger partial charge on any atom is 0.411 e. The number of anilines is 1. The van der Waals surface area contributed by atoms with Crippen LogP contribution in [0.5, 0.6) is 0 Å². The van der Waals surface area contributed by atoms with Gasteiger partial charge in [0.1, 0.15) is 12.4 Å². The Hall–Kier alpha value is -2.42. The Morgan fingerprint density at radius 3 is 2.89 bits per heavy atom. The third kappa shape index (κ3) is 5.53. The summed E-state index contributed by atoms with van der Waals surface area (Å²) in [5.74, 6) is 1.32. The van der Waals surface area contributed by atoms with Crippen molar-refractivity contribution in [1.29, 1.82) is 0 Å². The molecule has 1 amide bonds. The van der Waals surface area contributed by atoms with E-state index in [1.165, 1.54) is 0 Å².